The summed E-state index contributed by atoms with van der Waals surface area (Å²) in [5, 5.41) is 20.4. The number of aromatic amines is 1. The van der Waals surface area contributed by atoms with E-state index in [1.54, 1.807) is 14.2 Å². The maximum atomic E-state index is 13.9. The van der Waals surface area contributed by atoms with Crippen LogP contribution in [0.4, 0.5) is 0 Å². The van der Waals surface area contributed by atoms with Crippen LogP contribution in [0.25, 0.3) is 0 Å². The van der Waals surface area contributed by atoms with E-state index in [9.17, 15) is 19.8 Å². The zero-order chi connectivity index (χ0) is 29.1. The maximum absolute atomic E-state index is 13.9. The number of nitrogens with zero attached hydrogens (tertiary/aromatic N) is 1. The number of aliphatic hydroxyl groups excluding tert-OH is 2. The lowest BCUT2D eigenvalue weighted by molar-refractivity contribution is -0.0627. The predicted molar refractivity (Wildman–Crippen MR) is 151 cm³/mol. The van der Waals surface area contributed by atoms with Crippen molar-refractivity contribution >= 4 is 0 Å². The number of aliphatic hydroxyl groups is 2. The Morgan fingerprint density at radius 2 is 1.39 bits per heavy atom. The van der Waals surface area contributed by atoms with Gasteiger partial charge < -0.3 is 29.2 Å². The summed E-state index contributed by atoms with van der Waals surface area (Å²) < 4.78 is 23.3. The summed E-state index contributed by atoms with van der Waals surface area (Å²) in [7, 11) is 4.53. The standard InChI is InChI=1S/C31H32N2O8/c1-38-22-13-9-20(10-14-22)31(19-7-5-4-6-8-19,21-11-15-23(39-2)16-12-21)24-17-33(30(37)32-28(24)36)29-27(40-3)26(35)25(18-34)41-29/h4-17,25-27,29,34-35H,18H2,1-3H3,(H,32,36,37)/t25-,26-,27-,29-/m1/s1. The van der Waals surface area contributed by atoms with E-state index >= 15 is 0 Å². The third-order valence-corrected chi connectivity index (χ3v) is 7.66. The van der Waals surface area contributed by atoms with Gasteiger partial charge in [0, 0.05) is 13.3 Å². The lowest BCUT2D eigenvalue weighted by atomic mass is 9.65. The van der Waals surface area contributed by atoms with Crippen molar-refractivity contribution in [2.45, 2.75) is 30.0 Å². The van der Waals surface area contributed by atoms with Crippen molar-refractivity contribution in [3.05, 3.63) is 128 Å². The number of aromatic nitrogens is 2. The summed E-state index contributed by atoms with van der Waals surface area (Å²) in [5.74, 6) is 1.27. The van der Waals surface area contributed by atoms with Crippen LogP contribution >= 0.6 is 0 Å². The monoisotopic (exact) mass is 560 g/mol. The Bertz CT molecular complexity index is 1530. The molecule has 214 valence electrons. The topological polar surface area (TPSA) is 132 Å². The number of methoxy groups -OCH3 is 3. The first-order valence-corrected chi connectivity index (χ1v) is 13.1. The molecule has 0 aliphatic carbocycles. The Balaban J connectivity index is 1.86. The molecule has 4 aromatic rings. The fraction of sp³-hybridized carbons (Fsp3) is 0.290. The number of benzene rings is 3. The number of rotatable bonds is 9. The lowest BCUT2D eigenvalue weighted by Gasteiger charge is -2.36. The predicted octanol–water partition coefficient (Wildman–Crippen LogP) is 2.20. The van der Waals surface area contributed by atoms with Crippen LogP contribution in [0, 0.1) is 0 Å². The molecule has 1 aromatic heterocycles. The molecule has 41 heavy (non-hydrogen) atoms. The molecule has 3 aromatic carbocycles. The van der Waals surface area contributed by atoms with Crippen molar-refractivity contribution in [3.8, 4) is 11.5 Å². The third kappa shape index (κ3) is 4.85. The Hall–Kier alpha value is -4.22. The van der Waals surface area contributed by atoms with Crippen LogP contribution in [-0.2, 0) is 14.9 Å². The van der Waals surface area contributed by atoms with Crippen LogP contribution in [0.3, 0.4) is 0 Å². The summed E-state index contributed by atoms with van der Waals surface area (Å²) in [6.07, 6.45) is -2.81. The Kier molecular flexibility index (Phi) is 8.09. The van der Waals surface area contributed by atoms with E-state index in [1.165, 1.54) is 17.9 Å². The van der Waals surface area contributed by atoms with Gasteiger partial charge in [0.25, 0.3) is 5.56 Å². The zero-order valence-electron chi connectivity index (χ0n) is 22.9. The second-order valence-electron chi connectivity index (χ2n) is 9.72. The van der Waals surface area contributed by atoms with Crippen molar-refractivity contribution in [1.82, 2.24) is 9.55 Å². The highest BCUT2D eigenvalue weighted by molar-refractivity contribution is 5.59. The van der Waals surface area contributed by atoms with Crippen molar-refractivity contribution < 1.29 is 29.2 Å². The molecule has 2 heterocycles. The highest BCUT2D eigenvalue weighted by Gasteiger charge is 2.47. The van der Waals surface area contributed by atoms with E-state index in [1.807, 2.05) is 78.9 Å². The van der Waals surface area contributed by atoms with Gasteiger partial charge in [-0.3, -0.25) is 14.3 Å². The van der Waals surface area contributed by atoms with Crippen LogP contribution in [0.15, 0.2) is 94.6 Å². The largest absolute Gasteiger partial charge is 0.497 e. The molecule has 5 rings (SSSR count). The highest BCUT2D eigenvalue weighted by atomic mass is 16.6. The average Bonchev–Trinajstić information content (AvgIpc) is 3.34. The fourth-order valence-electron chi connectivity index (χ4n) is 5.63. The molecule has 10 nitrogen and oxygen atoms in total. The van der Waals surface area contributed by atoms with Gasteiger partial charge in [0.1, 0.15) is 29.8 Å². The van der Waals surface area contributed by atoms with Crippen molar-refractivity contribution in [2.75, 3.05) is 27.9 Å². The normalized spacial score (nSPS) is 20.6. The van der Waals surface area contributed by atoms with E-state index in [0.717, 1.165) is 16.7 Å². The first-order valence-electron chi connectivity index (χ1n) is 13.1. The minimum absolute atomic E-state index is 0.221. The Labute approximate surface area is 236 Å². The van der Waals surface area contributed by atoms with E-state index < -0.39 is 47.8 Å². The first kappa shape index (κ1) is 28.3. The minimum Gasteiger partial charge on any atom is -0.497 e. The summed E-state index contributed by atoms with van der Waals surface area (Å²) in [5.41, 5.74) is -0.132. The number of hydrogen-bond acceptors (Lipinski definition) is 8. The molecule has 3 N–H and O–H groups in total. The molecule has 0 radical (unpaired) electrons. The molecule has 0 unspecified atom stereocenters. The molecule has 0 saturated carbocycles. The lowest BCUT2D eigenvalue weighted by Crippen LogP contribution is -2.44. The van der Waals surface area contributed by atoms with Crippen LogP contribution in [0.5, 0.6) is 11.5 Å². The highest BCUT2D eigenvalue weighted by Crippen LogP contribution is 2.45. The molecular formula is C31H32N2O8. The molecule has 1 aliphatic rings. The smallest absolute Gasteiger partial charge is 0.330 e. The van der Waals surface area contributed by atoms with Crippen LogP contribution in [-0.4, -0.2) is 66.0 Å². The van der Waals surface area contributed by atoms with Crippen LogP contribution in [0.2, 0.25) is 0 Å². The second kappa shape index (κ2) is 11.7. The molecule has 0 bridgehead atoms. The van der Waals surface area contributed by atoms with E-state index in [2.05, 4.69) is 4.98 Å². The SMILES string of the molecule is COc1ccc(C(c2ccccc2)(c2ccc(OC)cc2)c2cn([C@@H]3O[C@H](CO)[C@@H](O)[C@H]3OC)c(=O)[nH]c2=O)cc1. The molecule has 0 amide bonds. The van der Waals surface area contributed by atoms with Crippen molar-refractivity contribution in [2.24, 2.45) is 0 Å². The molecule has 4 atom stereocenters. The van der Waals surface area contributed by atoms with E-state index in [4.69, 9.17) is 18.9 Å². The van der Waals surface area contributed by atoms with Gasteiger partial charge >= 0.3 is 5.69 Å². The Morgan fingerprint density at radius 1 is 0.854 bits per heavy atom. The van der Waals surface area contributed by atoms with Gasteiger partial charge in [-0.2, -0.15) is 0 Å². The maximum Gasteiger partial charge on any atom is 0.330 e. The first-order chi connectivity index (χ1) is 19.9. The summed E-state index contributed by atoms with van der Waals surface area (Å²) in [6, 6.07) is 24.2. The van der Waals surface area contributed by atoms with Gasteiger partial charge in [-0.1, -0.05) is 54.6 Å². The molecule has 1 saturated heterocycles. The number of nitrogens with one attached hydrogen (secondary N) is 1. The van der Waals surface area contributed by atoms with Crippen molar-refractivity contribution in [3.63, 3.8) is 0 Å². The van der Waals surface area contributed by atoms with Crippen molar-refractivity contribution in [1.29, 1.82) is 0 Å². The Morgan fingerprint density at radius 3 is 1.88 bits per heavy atom. The van der Waals surface area contributed by atoms with Crippen LogP contribution < -0.4 is 20.7 Å². The van der Waals surface area contributed by atoms with Gasteiger partial charge in [0.2, 0.25) is 0 Å². The van der Waals surface area contributed by atoms with E-state index in [0.29, 0.717) is 11.5 Å². The number of ether oxygens (including phenoxy) is 4. The minimum atomic E-state index is -1.22. The molecule has 10 heteroatoms. The zero-order valence-corrected chi connectivity index (χ0v) is 22.9. The molecular weight excluding hydrogens is 528 g/mol. The van der Waals surface area contributed by atoms with Gasteiger partial charge in [0.05, 0.1) is 31.8 Å². The molecule has 0 spiro atoms. The second-order valence-corrected chi connectivity index (χ2v) is 9.72. The summed E-state index contributed by atoms with van der Waals surface area (Å²) >= 11 is 0. The summed E-state index contributed by atoms with van der Waals surface area (Å²) in [4.78, 5) is 29.6. The fourth-order valence-corrected chi connectivity index (χ4v) is 5.63. The third-order valence-electron chi connectivity index (χ3n) is 7.66. The number of hydrogen-bond donors (Lipinski definition) is 3. The van der Waals surface area contributed by atoms with Gasteiger partial charge in [-0.15, -0.1) is 0 Å². The van der Waals surface area contributed by atoms with Gasteiger partial charge in [-0.05, 0) is 41.0 Å². The number of H-pyrrole nitrogens is 1. The van der Waals surface area contributed by atoms with Gasteiger partial charge in [-0.25, -0.2) is 4.79 Å². The molecule has 1 aliphatic heterocycles. The quantitative estimate of drug-likeness (QED) is 0.266. The average molecular weight is 561 g/mol. The summed E-state index contributed by atoms with van der Waals surface area (Å²) in [6.45, 7) is -0.478. The van der Waals surface area contributed by atoms with Crippen LogP contribution in [0.1, 0.15) is 28.5 Å². The van der Waals surface area contributed by atoms with E-state index in [-0.39, 0.29) is 5.56 Å². The van der Waals surface area contributed by atoms with Gasteiger partial charge in [0.15, 0.2) is 6.23 Å². The molecule has 1 fully saturated rings.